The van der Waals surface area contributed by atoms with E-state index in [0.29, 0.717) is 5.56 Å². The number of thiol groups is 1. The molecular formula is C24H19NS. The standard InChI is InChI=1S/C24H19NS/c25-16-17-9-11-18(12-10-17)24(26)14-13-23-21-7-3-1-5-19(21)15-20-6-2-4-8-22(20)23/h1-12,15,24,26H,13-14H2. The van der Waals surface area contributed by atoms with Gasteiger partial charge < -0.3 is 0 Å². The molecule has 0 saturated carbocycles. The SMILES string of the molecule is N#Cc1ccc(C(S)CCc2c3ccccc3cc3ccccc23)cc1. The summed E-state index contributed by atoms with van der Waals surface area (Å²) in [4.78, 5) is 0. The van der Waals surface area contributed by atoms with Crippen molar-refractivity contribution >= 4 is 34.2 Å². The van der Waals surface area contributed by atoms with Crippen LogP contribution in [0.3, 0.4) is 0 Å². The Hall–Kier alpha value is -2.76. The summed E-state index contributed by atoms with van der Waals surface area (Å²) in [5, 5.41) is 14.3. The lowest BCUT2D eigenvalue weighted by molar-refractivity contribution is 0.815. The predicted octanol–water partition coefficient (Wildman–Crippen LogP) is 6.47. The molecule has 26 heavy (non-hydrogen) atoms. The zero-order chi connectivity index (χ0) is 17.9. The minimum atomic E-state index is 0.153. The van der Waals surface area contributed by atoms with E-state index in [-0.39, 0.29) is 5.25 Å². The fraction of sp³-hybridized carbons (Fsp3) is 0.125. The summed E-state index contributed by atoms with van der Waals surface area (Å²) in [5.74, 6) is 0. The molecule has 0 saturated heterocycles. The van der Waals surface area contributed by atoms with E-state index < -0.39 is 0 Å². The highest BCUT2D eigenvalue weighted by atomic mass is 32.1. The highest BCUT2D eigenvalue weighted by Gasteiger charge is 2.11. The average Bonchev–Trinajstić information content (AvgIpc) is 2.71. The van der Waals surface area contributed by atoms with Gasteiger partial charge in [-0.3, -0.25) is 0 Å². The van der Waals surface area contributed by atoms with Gasteiger partial charge in [0.25, 0.3) is 0 Å². The largest absolute Gasteiger partial charge is 0.192 e. The van der Waals surface area contributed by atoms with Crippen LogP contribution in [-0.4, -0.2) is 0 Å². The monoisotopic (exact) mass is 353 g/mol. The van der Waals surface area contributed by atoms with Crippen LogP contribution in [0.1, 0.15) is 28.4 Å². The van der Waals surface area contributed by atoms with Gasteiger partial charge in [-0.25, -0.2) is 0 Å². The van der Waals surface area contributed by atoms with Gasteiger partial charge in [0.15, 0.2) is 0 Å². The third kappa shape index (κ3) is 3.19. The molecule has 0 N–H and O–H groups in total. The lowest BCUT2D eigenvalue weighted by Crippen LogP contribution is -1.96. The molecule has 4 rings (SSSR count). The summed E-state index contributed by atoms with van der Waals surface area (Å²) in [6, 6.07) is 29.4. The Bertz CT molecular complexity index is 1050. The van der Waals surface area contributed by atoms with Crippen LogP contribution in [0, 0.1) is 11.3 Å². The fourth-order valence-corrected chi connectivity index (χ4v) is 3.91. The quantitative estimate of drug-likeness (QED) is 0.330. The van der Waals surface area contributed by atoms with Gasteiger partial charge in [0.2, 0.25) is 0 Å². The van der Waals surface area contributed by atoms with Crippen LogP contribution in [0.4, 0.5) is 0 Å². The minimum absolute atomic E-state index is 0.153. The van der Waals surface area contributed by atoms with Crippen molar-refractivity contribution in [1.29, 1.82) is 5.26 Å². The highest BCUT2D eigenvalue weighted by Crippen LogP contribution is 2.32. The fourth-order valence-electron chi connectivity index (χ4n) is 3.60. The first-order valence-electron chi connectivity index (χ1n) is 8.84. The number of aryl methyl sites for hydroxylation is 1. The van der Waals surface area contributed by atoms with E-state index in [2.05, 4.69) is 60.7 Å². The van der Waals surface area contributed by atoms with E-state index in [1.165, 1.54) is 27.1 Å². The van der Waals surface area contributed by atoms with E-state index in [1.807, 2.05) is 24.3 Å². The summed E-state index contributed by atoms with van der Waals surface area (Å²) in [5.41, 5.74) is 3.25. The summed E-state index contributed by atoms with van der Waals surface area (Å²) in [6.07, 6.45) is 1.92. The van der Waals surface area contributed by atoms with Gasteiger partial charge in [0, 0.05) is 5.25 Å². The maximum absolute atomic E-state index is 8.95. The Morgan fingerprint density at radius 2 is 1.38 bits per heavy atom. The van der Waals surface area contributed by atoms with Crippen molar-refractivity contribution < 1.29 is 0 Å². The Kier molecular flexibility index (Phi) is 4.65. The Morgan fingerprint density at radius 1 is 0.808 bits per heavy atom. The highest BCUT2D eigenvalue weighted by molar-refractivity contribution is 7.80. The van der Waals surface area contributed by atoms with E-state index in [4.69, 9.17) is 17.9 Å². The number of benzene rings is 4. The molecule has 0 aliphatic heterocycles. The molecule has 0 aliphatic carbocycles. The van der Waals surface area contributed by atoms with Crippen molar-refractivity contribution in [3.63, 3.8) is 0 Å². The molecule has 0 bridgehead atoms. The molecule has 0 radical (unpaired) electrons. The molecule has 2 heteroatoms. The van der Waals surface area contributed by atoms with Crippen molar-refractivity contribution in [2.45, 2.75) is 18.1 Å². The number of nitrogens with zero attached hydrogens (tertiary/aromatic N) is 1. The molecule has 0 amide bonds. The Labute approximate surface area is 159 Å². The first kappa shape index (κ1) is 16.7. The molecule has 0 spiro atoms. The molecule has 1 unspecified atom stereocenters. The summed E-state index contributed by atoms with van der Waals surface area (Å²) in [7, 11) is 0. The van der Waals surface area contributed by atoms with Crippen molar-refractivity contribution in [3.8, 4) is 6.07 Å². The molecule has 1 atom stereocenters. The molecule has 126 valence electrons. The van der Waals surface area contributed by atoms with Crippen LogP contribution in [0.15, 0.2) is 78.9 Å². The van der Waals surface area contributed by atoms with E-state index in [1.54, 1.807) is 0 Å². The molecule has 0 aromatic heterocycles. The van der Waals surface area contributed by atoms with Crippen LogP contribution in [0.2, 0.25) is 0 Å². The van der Waals surface area contributed by atoms with Crippen LogP contribution < -0.4 is 0 Å². The van der Waals surface area contributed by atoms with Gasteiger partial charge >= 0.3 is 0 Å². The smallest absolute Gasteiger partial charge is 0.0991 e. The van der Waals surface area contributed by atoms with Gasteiger partial charge in [-0.15, -0.1) is 0 Å². The summed E-state index contributed by atoms with van der Waals surface area (Å²) >= 11 is 4.82. The molecule has 0 fully saturated rings. The second-order valence-electron chi connectivity index (χ2n) is 6.59. The molecule has 0 aliphatic rings. The molecule has 1 nitrogen and oxygen atoms in total. The van der Waals surface area contributed by atoms with Crippen LogP contribution in [-0.2, 0) is 6.42 Å². The predicted molar refractivity (Wildman–Crippen MR) is 113 cm³/mol. The zero-order valence-electron chi connectivity index (χ0n) is 14.4. The number of rotatable bonds is 4. The van der Waals surface area contributed by atoms with Crippen LogP contribution in [0.5, 0.6) is 0 Å². The maximum Gasteiger partial charge on any atom is 0.0991 e. The number of nitriles is 1. The lowest BCUT2D eigenvalue weighted by Gasteiger charge is -2.15. The summed E-state index contributed by atoms with van der Waals surface area (Å²) < 4.78 is 0. The van der Waals surface area contributed by atoms with Gasteiger partial charge in [-0.1, -0.05) is 60.7 Å². The first-order valence-corrected chi connectivity index (χ1v) is 9.35. The second kappa shape index (κ2) is 7.23. The third-order valence-corrected chi connectivity index (χ3v) is 5.53. The van der Waals surface area contributed by atoms with Gasteiger partial charge in [-0.05, 0) is 63.7 Å². The van der Waals surface area contributed by atoms with Crippen molar-refractivity contribution in [1.82, 2.24) is 0 Å². The second-order valence-corrected chi connectivity index (χ2v) is 7.21. The van der Waals surface area contributed by atoms with Crippen molar-refractivity contribution in [2.24, 2.45) is 0 Å². The molecule has 0 heterocycles. The Morgan fingerprint density at radius 3 is 1.96 bits per heavy atom. The maximum atomic E-state index is 8.95. The topological polar surface area (TPSA) is 23.8 Å². The molecule has 4 aromatic rings. The minimum Gasteiger partial charge on any atom is -0.192 e. The molecule has 4 aromatic carbocycles. The van der Waals surface area contributed by atoms with Gasteiger partial charge in [0.05, 0.1) is 11.6 Å². The third-order valence-electron chi connectivity index (χ3n) is 4.98. The zero-order valence-corrected chi connectivity index (χ0v) is 15.3. The van der Waals surface area contributed by atoms with Crippen LogP contribution >= 0.6 is 12.6 Å². The van der Waals surface area contributed by atoms with E-state index >= 15 is 0 Å². The van der Waals surface area contributed by atoms with Gasteiger partial charge in [-0.2, -0.15) is 17.9 Å². The number of hydrogen-bond acceptors (Lipinski definition) is 2. The van der Waals surface area contributed by atoms with E-state index in [9.17, 15) is 0 Å². The normalized spacial score (nSPS) is 12.2. The Balaban J connectivity index is 1.68. The van der Waals surface area contributed by atoms with Crippen molar-refractivity contribution in [3.05, 3.63) is 95.6 Å². The number of fused-ring (bicyclic) bond motifs is 2. The number of hydrogen-bond donors (Lipinski definition) is 1. The average molecular weight is 353 g/mol. The van der Waals surface area contributed by atoms with E-state index in [0.717, 1.165) is 18.4 Å². The van der Waals surface area contributed by atoms with Crippen molar-refractivity contribution in [2.75, 3.05) is 0 Å². The first-order chi connectivity index (χ1) is 12.8. The summed E-state index contributed by atoms with van der Waals surface area (Å²) in [6.45, 7) is 0. The molecular weight excluding hydrogens is 334 g/mol. The lowest BCUT2D eigenvalue weighted by atomic mass is 9.92. The van der Waals surface area contributed by atoms with Crippen LogP contribution in [0.25, 0.3) is 21.5 Å². The van der Waals surface area contributed by atoms with Gasteiger partial charge in [0.1, 0.15) is 0 Å².